The lowest BCUT2D eigenvalue weighted by Gasteiger charge is -2.10. The maximum Gasteiger partial charge on any atom is 0.256 e. The largest absolute Gasteiger partial charge is 0.439 e. The van der Waals surface area contributed by atoms with Gasteiger partial charge in [0.05, 0.1) is 0 Å². The van der Waals surface area contributed by atoms with Gasteiger partial charge in [-0.3, -0.25) is 4.79 Å². The van der Waals surface area contributed by atoms with Crippen molar-refractivity contribution >= 4 is 39.9 Å². The fourth-order valence-corrected chi connectivity index (χ4v) is 3.02. The summed E-state index contributed by atoms with van der Waals surface area (Å²) in [5.41, 5.74) is 1.25. The number of benzene rings is 3. The van der Waals surface area contributed by atoms with Crippen LogP contribution in [0.3, 0.4) is 0 Å². The molecule has 6 nitrogen and oxygen atoms in total. The number of aromatic nitrogens is 2. The number of ether oxygens (including phenoxy) is 1. The van der Waals surface area contributed by atoms with Gasteiger partial charge in [0.15, 0.2) is 0 Å². The molecule has 4 aromatic rings. The predicted octanol–water partition coefficient (Wildman–Crippen LogP) is 5.37. The fourth-order valence-electron chi connectivity index (χ4n) is 2.90. The van der Waals surface area contributed by atoms with E-state index in [-0.39, 0.29) is 5.91 Å². The molecule has 0 aliphatic carbocycles. The van der Waals surface area contributed by atoms with E-state index in [2.05, 4.69) is 20.6 Å². The molecular formula is C22H17ClN4O2. The molecule has 0 radical (unpaired) electrons. The number of anilines is 2. The first-order chi connectivity index (χ1) is 14.1. The van der Waals surface area contributed by atoms with Crippen molar-refractivity contribution in [3.8, 4) is 11.6 Å². The quantitative estimate of drug-likeness (QED) is 0.467. The Morgan fingerprint density at radius 1 is 1.03 bits per heavy atom. The van der Waals surface area contributed by atoms with Gasteiger partial charge in [-0.2, -0.15) is 4.98 Å². The number of hydrogen-bond acceptors (Lipinski definition) is 5. The van der Waals surface area contributed by atoms with Gasteiger partial charge in [-0.1, -0.05) is 23.7 Å². The number of fused-ring (bicyclic) bond motifs is 1. The number of nitrogens with zero attached hydrogens (tertiary/aromatic N) is 2. The van der Waals surface area contributed by atoms with E-state index in [0.29, 0.717) is 33.9 Å². The molecule has 0 spiro atoms. The molecule has 1 amide bonds. The number of nitrogens with one attached hydrogen (secondary N) is 2. The molecule has 3 aromatic carbocycles. The van der Waals surface area contributed by atoms with E-state index in [9.17, 15) is 4.79 Å². The highest BCUT2D eigenvalue weighted by molar-refractivity contribution is 6.30. The van der Waals surface area contributed by atoms with E-state index < -0.39 is 0 Å². The second-order valence-electron chi connectivity index (χ2n) is 6.22. The number of amides is 1. The Kier molecular flexibility index (Phi) is 5.27. The molecule has 7 heteroatoms. The molecule has 4 rings (SSSR count). The Morgan fingerprint density at radius 3 is 2.66 bits per heavy atom. The van der Waals surface area contributed by atoms with Crippen molar-refractivity contribution < 1.29 is 9.53 Å². The van der Waals surface area contributed by atoms with Crippen molar-refractivity contribution in [1.29, 1.82) is 0 Å². The summed E-state index contributed by atoms with van der Waals surface area (Å²) in [5.74, 6) is 1.33. The monoisotopic (exact) mass is 404 g/mol. The number of carbonyl (C=O) groups is 1. The first kappa shape index (κ1) is 18.7. The summed E-state index contributed by atoms with van der Waals surface area (Å²) in [7, 11) is 1.74. The molecule has 1 heterocycles. The van der Waals surface area contributed by atoms with Crippen LogP contribution in [-0.2, 0) is 0 Å². The Balaban J connectivity index is 1.60. The highest BCUT2D eigenvalue weighted by Gasteiger charge is 2.11. The van der Waals surface area contributed by atoms with Crippen molar-refractivity contribution in [3.63, 3.8) is 0 Å². The lowest BCUT2D eigenvalue weighted by atomic mass is 10.0. The first-order valence-electron chi connectivity index (χ1n) is 8.91. The molecule has 2 N–H and O–H groups in total. The van der Waals surface area contributed by atoms with Crippen LogP contribution in [0.15, 0.2) is 72.9 Å². The number of rotatable bonds is 5. The summed E-state index contributed by atoms with van der Waals surface area (Å²) in [6.07, 6.45) is 1.62. The van der Waals surface area contributed by atoms with Crippen molar-refractivity contribution in [2.75, 3.05) is 17.7 Å². The second kappa shape index (κ2) is 8.16. The Hall–Kier alpha value is -3.64. The normalized spacial score (nSPS) is 10.6. The zero-order valence-corrected chi connectivity index (χ0v) is 16.3. The average Bonchev–Trinajstić information content (AvgIpc) is 2.75. The Bertz CT molecular complexity index is 1180. The lowest BCUT2D eigenvalue weighted by Crippen LogP contribution is -2.12. The van der Waals surface area contributed by atoms with Crippen LogP contribution in [0.25, 0.3) is 10.8 Å². The van der Waals surface area contributed by atoms with Gasteiger partial charge >= 0.3 is 0 Å². The third kappa shape index (κ3) is 4.28. The van der Waals surface area contributed by atoms with E-state index in [1.165, 1.54) is 0 Å². The predicted molar refractivity (Wildman–Crippen MR) is 115 cm³/mol. The SMILES string of the molecule is CNc1nccc(Oc2ccc3c(C(=O)Nc4ccc(Cl)cc4)cccc3c2)n1. The van der Waals surface area contributed by atoms with Crippen LogP contribution in [0.5, 0.6) is 11.6 Å². The summed E-state index contributed by atoms with van der Waals surface area (Å²) in [6, 6.07) is 19.8. The average molecular weight is 405 g/mol. The van der Waals surface area contributed by atoms with Gasteiger partial charge in [0.2, 0.25) is 11.8 Å². The summed E-state index contributed by atoms with van der Waals surface area (Å²) >= 11 is 5.90. The fraction of sp³-hybridized carbons (Fsp3) is 0.0455. The zero-order chi connectivity index (χ0) is 20.2. The minimum atomic E-state index is -0.193. The lowest BCUT2D eigenvalue weighted by molar-refractivity contribution is 0.102. The minimum Gasteiger partial charge on any atom is -0.439 e. The highest BCUT2D eigenvalue weighted by atomic mass is 35.5. The van der Waals surface area contributed by atoms with E-state index >= 15 is 0 Å². The highest BCUT2D eigenvalue weighted by Crippen LogP contribution is 2.27. The standard InChI is InChI=1S/C22H17ClN4O2/c1-24-22-25-12-11-20(27-22)29-17-9-10-18-14(13-17)3-2-4-19(18)21(28)26-16-7-5-15(23)6-8-16/h2-13H,1H3,(H,26,28)(H,24,25,27). The van der Waals surface area contributed by atoms with Crippen molar-refractivity contribution in [1.82, 2.24) is 9.97 Å². The van der Waals surface area contributed by atoms with Gasteiger partial charge in [0, 0.05) is 35.6 Å². The van der Waals surface area contributed by atoms with Gasteiger partial charge < -0.3 is 15.4 Å². The van der Waals surface area contributed by atoms with Crippen LogP contribution >= 0.6 is 11.6 Å². The molecule has 0 atom stereocenters. The third-order valence-electron chi connectivity index (χ3n) is 4.27. The first-order valence-corrected chi connectivity index (χ1v) is 9.28. The van der Waals surface area contributed by atoms with E-state index in [0.717, 1.165) is 10.8 Å². The molecule has 0 bridgehead atoms. The van der Waals surface area contributed by atoms with Crippen molar-refractivity contribution in [2.24, 2.45) is 0 Å². The Labute approximate surface area is 172 Å². The number of halogens is 1. The molecule has 29 heavy (non-hydrogen) atoms. The maximum absolute atomic E-state index is 12.8. The van der Waals surface area contributed by atoms with E-state index in [1.54, 1.807) is 49.6 Å². The van der Waals surface area contributed by atoms with Crippen LogP contribution in [0.2, 0.25) is 5.02 Å². The van der Waals surface area contributed by atoms with E-state index in [4.69, 9.17) is 16.3 Å². The van der Waals surface area contributed by atoms with Crippen LogP contribution in [0.4, 0.5) is 11.6 Å². The number of carbonyl (C=O) groups excluding carboxylic acids is 1. The van der Waals surface area contributed by atoms with Crippen LogP contribution < -0.4 is 15.4 Å². The van der Waals surface area contributed by atoms with Gasteiger partial charge in [-0.15, -0.1) is 0 Å². The van der Waals surface area contributed by atoms with Gasteiger partial charge in [0.1, 0.15) is 5.75 Å². The van der Waals surface area contributed by atoms with Crippen molar-refractivity contribution in [2.45, 2.75) is 0 Å². The minimum absolute atomic E-state index is 0.193. The van der Waals surface area contributed by atoms with Gasteiger partial charge in [0.25, 0.3) is 5.91 Å². The third-order valence-corrected chi connectivity index (χ3v) is 4.53. The van der Waals surface area contributed by atoms with Gasteiger partial charge in [-0.25, -0.2) is 4.98 Å². The molecule has 0 fully saturated rings. The van der Waals surface area contributed by atoms with E-state index in [1.807, 2.05) is 30.3 Å². The molecule has 0 aliphatic rings. The van der Waals surface area contributed by atoms with Crippen LogP contribution in [0, 0.1) is 0 Å². The smallest absolute Gasteiger partial charge is 0.256 e. The maximum atomic E-state index is 12.8. The second-order valence-corrected chi connectivity index (χ2v) is 6.66. The number of hydrogen-bond donors (Lipinski definition) is 2. The molecular weight excluding hydrogens is 388 g/mol. The van der Waals surface area contributed by atoms with Crippen LogP contribution in [-0.4, -0.2) is 22.9 Å². The molecule has 1 aromatic heterocycles. The zero-order valence-electron chi connectivity index (χ0n) is 15.5. The molecule has 0 saturated heterocycles. The summed E-state index contributed by atoms with van der Waals surface area (Å²) < 4.78 is 5.83. The summed E-state index contributed by atoms with van der Waals surface area (Å²) in [5, 5.41) is 8.09. The van der Waals surface area contributed by atoms with Gasteiger partial charge in [-0.05, 0) is 59.3 Å². The molecule has 0 saturated carbocycles. The summed E-state index contributed by atoms with van der Waals surface area (Å²) in [6.45, 7) is 0. The molecule has 144 valence electrons. The summed E-state index contributed by atoms with van der Waals surface area (Å²) in [4.78, 5) is 21.1. The van der Waals surface area contributed by atoms with Crippen molar-refractivity contribution in [3.05, 3.63) is 83.5 Å². The molecule has 0 aliphatic heterocycles. The molecule has 0 unspecified atom stereocenters. The van der Waals surface area contributed by atoms with Crippen LogP contribution in [0.1, 0.15) is 10.4 Å². The topological polar surface area (TPSA) is 76.1 Å². The Morgan fingerprint density at radius 2 is 1.86 bits per heavy atom.